The molecule has 0 aliphatic carbocycles. The maximum atomic E-state index is 13.3. The van der Waals surface area contributed by atoms with E-state index >= 15 is 0 Å². The molecule has 2 N–H and O–H groups in total. The first kappa shape index (κ1) is 22.5. The fourth-order valence-electron chi connectivity index (χ4n) is 3.84. The van der Waals surface area contributed by atoms with Crippen LogP contribution in [-0.4, -0.2) is 51.8 Å². The number of urea groups is 1. The zero-order valence-corrected chi connectivity index (χ0v) is 18.5. The summed E-state index contributed by atoms with van der Waals surface area (Å²) in [6, 6.07) is 11.7. The third kappa shape index (κ3) is 4.73. The van der Waals surface area contributed by atoms with E-state index in [9.17, 15) is 18.8 Å². The number of hydrogen-bond acceptors (Lipinski definition) is 5. The zero-order valence-electron chi connectivity index (χ0n) is 18.5. The Morgan fingerprint density at radius 2 is 1.67 bits per heavy atom. The van der Waals surface area contributed by atoms with Crippen LogP contribution in [-0.2, 0) is 22.6 Å². The Balaban J connectivity index is 1.55. The minimum absolute atomic E-state index is 0.0217. The highest BCUT2D eigenvalue weighted by molar-refractivity contribution is 6.05. The number of nitrogens with one attached hydrogen (secondary N) is 2. The maximum Gasteiger partial charge on any atom is 0.331 e. The highest BCUT2D eigenvalue weighted by atomic mass is 19.1. The Bertz CT molecular complexity index is 1080. The molecular weight excluding hydrogens is 425 g/mol. The van der Waals surface area contributed by atoms with Crippen LogP contribution in [0.15, 0.2) is 60.4 Å². The average molecular weight is 452 g/mol. The van der Waals surface area contributed by atoms with E-state index < -0.39 is 23.8 Å². The van der Waals surface area contributed by atoms with Gasteiger partial charge in [-0.3, -0.25) is 19.4 Å². The number of hydrogen-bond donors (Lipinski definition) is 2. The summed E-state index contributed by atoms with van der Waals surface area (Å²) in [5, 5.41) is 4.52. The summed E-state index contributed by atoms with van der Waals surface area (Å²) in [4.78, 5) is 41.6. The molecule has 2 aromatic carbocycles. The van der Waals surface area contributed by atoms with E-state index in [1.807, 2.05) is 38.1 Å². The van der Waals surface area contributed by atoms with Gasteiger partial charge in [-0.15, -0.1) is 0 Å². The van der Waals surface area contributed by atoms with Crippen molar-refractivity contribution in [2.75, 3.05) is 18.4 Å². The summed E-state index contributed by atoms with van der Waals surface area (Å²) < 4.78 is 13.3. The Kier molecular flexibility index (Phi) is 6.41. The lowest BCUT2D eigenvalue weighted by molar-refractivity contribution is -0.133. The van der Waals surface area contributed by atoms with Crippen molar-refractivity contribution in [3.63, 3.8) is 0 Å². The van der Waals surface area contributed by atoms with Gasteiger partial charge in [-0.1, -0.05) is 31.2 Å². The van der Waals surface area contributed by atoms with Crippen molar-refractivity contribution in [1.82, 2.24) is 20.2 Å². The molecule has 1 unspecified atom stereocenters. The van der Waals surface area contributed by atoms with Crippen molar-refractivity contribution >= 4 is 23.5 Å². The molecule has 1 atom stereocenters. The second-order valence-corrected chi connectivity index (χ2v) is 7.92. The monoisotopic (exact) mass is 451 g/mol. The maximum absolute atomic E-state index is 13.3. The van der Waals surface area contributed by atoms with Gasteiger partial charge in [0.15, 0.2) is 0 Å². The highest BCUT2D eigenvalue weighted by Gasteiger charge is 2.46. The van der Waals surface area contributed by atoms with Crippen LogP contribution in [0.2, 0.25) is 0 Å². The normalized spacial score (nSPS) is 17.8. The lowest BCUT2D eigenvalue weighted by atomic mass is 10.1. The predicted octanol–water partition coefficient (Wildman–Crippen LogP) is 2.84. The molecule has 2 aromatic rings. The van der Waals surface area contributed by atoms with Crippen LogP contribution in [0, 0.1) is 5.82 Å². The molecule has 9 heteroatoms. The third-order valence-electron chi connectivity index (χ3n) is 5.71. The number of rotatable bonds is 7. The molecule has 4 amide bonds. The summed E-state index contributed by atoms with van der Waals surface area (Å²) in [6.45, 7) is 4.26. The third-order valence-corrected chi connectivity index (χ3v) is 5.71. The van der Waals surface area contributed by atoms with E-state index in [1.165, 1.54) is 29.2 Å². The number of aryl methyl sites for hydroxylation is 1. The Morgan fingerprint density at radius 3 is 2.30 bits per heavy atom. The number of amides is 4. The van der Waals surface area contributed by atoms with Crippen molar-refractivity contribution in [3.05, 3.63) is 77.4 Å². The lowest BCUT2D eigenvalue weighted by Crippen LogP contribution is -2.61. The van der Waals surface area contributed by atoms with Gasteiger partial charge in [-0.2, -0.15) is 0 Å². The van der Waals surface area contributed by atoms with Crippen LogP contribution in [0.1, 0.15) is 25.0 Å². The molecule has 1 saturated heterocycles. The van der Waals surface area contributed by atoms with Crippen molar-refractivity contribution in [2.24, 2.45) is 0 Å². The topological polar surface area (TPSA) is 85.0 Å². The first-order valence-electron chi connectivity index (χ1n) is 10.9. The van der Waals surface area contributed by atoms with E-state index in [1.54, 1.807) is 11.2 Å². The van der Waals surface area contributed by atoms with Gasteiger partial charge in [-0.05, 0) is 48.7 Å². The van der Waals surface area contributed by atoms with E-state index in [0.29, 0.717) is 23.5 Å². The van der Waals surface area contributed by atoms with Crippen LogP contribution in [0.3, 0.4) is 0 Å². The molecule has 8 nitrogen and oxygen atoms in total. The molecule has 0 spiro atoms. The molecule has 0 radical (unpaired) electrons. The van der Waals surface area contributed by atoms with Crippen LogP contribution >= 0.6 is 0 Å². The fraction of sp³-hybridized carbons (Fsp3) is 0.292. The quantitative estimate of drug-likeness (QED) is 0.676. The number of carbonyl (C=O) groups excluding carboxylic acids is 3. The van der Waals surface area contributed by atoms with Gasteiger partial charge in [-0.25, -0.2) is 14.6 Å². The molecule has 0 aromatic heterocycles. The number of anilines is 1. The van der Waals surface area contributed by atoms with Crippen LogP contribution in [0.5, 0.6) is 0 Å². The Morgan fingerprint density at radius 1 is 1.00 bits per heavy atom. The van der Waals surface area contributed by atoms with Gasteiger partial charge in [0.05, 0.1) is 12.2 Å². The summed E-state index contributed by atoms with van der Waals surface area (Å²) >= 11 is 0. The molecule has 33 heavy (non-hydrogen) atoms. The molecule has 4 rings (SSSR count). The van der Waals surface area contributed by atoms with Crippen molar-refractivity contribution in [2.45, 2.75) is 32.9 Å². The first-order valence-corrected chi connectivity index (χ1v) is 10.9. The lowest BCUT2D eigenvalue weighted by Gasteiger charge is -2.37. The number of fused-ring (bicyclic) bond motifs is 1. The second-order valence-electron chi connectivity index (χ2n) is 7.92. The molecule has 0 bridgehead atoms. The first-order chi connectivity index (χ1) is 15.9. The molecule has 1 fully saturated rings. The molecule has 2 aliphatic rings. The van der Waals surface area contributed by atoms with Gasteiger partial charge in [0.2, 0.25) is 5.91 Å². The fourth-order valence-corrected chi connectivity index (χ4v) is 3.84. The number of imide groups is 1. The SMILES string of the molecule is CCc1ccc(NC(=O)CN2C(=O)N(Cc3ccc(F)cc3)C(=O)C3NN(CC)C=C32)cc1. The van der Waals surface area contributed by atoms with Gasteiger partial charge in [0, 0.05) is 18.4 Å². The predicted molar refractivity (Wildman–Crippen MR) is 121 cm³/mol. The Labute approximate surface area is 191 Å². The largest absolute Gasteiger partial charge is 0.331 e. The van der Waals surface area contributed by atoms with Crippen LogP contribution in [0.25, 0.3) is 0 Å². The summed E-state index contributed by atoms with van der Waals surface area (Å²) in [6.07, 6.45) is 2.57. The van der Waals surface area contributed by atoms with Gasteiger partial charge < -0.3 is 10.3 Å². The molecule has 2 aliphatic heterocycles. The van der Waals surface area contributed by atoms with E-state index in [-0.39, 0.29) is 19.0 Å². The average Bonchev–Trinajstić information content (AvgIpc) is 3.26. The summed E-state index contributed by atoms with van der Waals surface area (Å²) in [7, 11) is 0. The molecule has 0 saturated carbocycles. The summed E-state index contributed by atoms with van der Waals surface area (Å²) in [5.41, 5.74) is 5.89. The Hall–Kier alpha value is -3.72. The number of nitrogens with zero attached hydrogens (tertiary/aromatic N) is 3. The standard InChI is InChI=1S/C24H26FN5O3/c1-3-16-7-11-19(12-8-16)26-21(31)15-29-20-14-28(4-2)27-22(20)23(32)30(24(29)33)13-17-5-9-18(25)10-6-17/h5-12,14,22,27H,3-4,13,15H2,1-2H3,(H,26,31). The van der Waals surface area contributed by atoms with Crippen molar-refractivity contribution in [3.8, 4) is 0 Å². The van der Waals surface area contributed by atoms with Crippen molar-refractivity contribution < 1.29 is 18.8 Å². The number of hydrazine groups is 1. The van der Waals surface area contributed by atoms with Gasteiger partial charge in [0.1, 0.15) is 18.4 Å². The van der Waals surface area contributed by atoms with Gasteiger partial charge in [0.25, 0.3) is 5.91 Å². The van der Waals surface area contributed by atoms with E-state index in [0.717, 1.165) is 16.9 Å². The van der Waals surface area contributed by atoms with Gasteiger partial charge >= 0.3 is 6.03 Å². The minimum Gasteiger partial charge on any atom is -0.325 e. The van der Waals surface area contributed by atoms with Crippen LogP contribution in [0.4, 0.5) is 14.9 Å². The van der Waals surface area contributed by atoms with E-state index in [4.69, 9.17) is 0 Å². The van der Waals surface area contributed by atoms with Crippen molar-refractivity contribution in [1.29, 1.82) is 0 Å². The van der Waals surface area contributed by atoms with Crippen LogP contribution < -0.4 is 10.7 Å². The smallest absolute Gasteiger partial charge is 0.325 e. The minimum atomic E-state index is -0.778. The summed E-state index contributed by atoms with van der Waals surface area (Å²) in [5.74, 6) is -1.20. The zero-order chi connectivity index (χ0) is 23.5. The number of halogens is 1. The van der Waals surface area contributed by atoms with E-state index in [2.05, 4.69) is 10.7 Å². The molecular formula is C24H26FN5O3. The number of benzene rings is 2. The highest BCUT2D eigenvalue weighted by Crippen LogP contribution is 2.27. The number of carbonyl (C=O) groups is 3. The second kappa shape index (κ2) is 9.41. The molecule has 172 valence electrons. The molecule has 2 heterocycles.